The summed E-state index contributed by atoms with van der Waals surface area (Å²) < 4.78 is 16.4. The predicted molar refractivity (Wildman–Crippen MR) is 135 cm³/mol. The van der Waals surface area contributed by atoms with Gasteiger partial charge < -0.3 is 19.3 Å². The molecule has 0 saturated carbocycles. The molecule has 1 unspecified atom stereocenters. The van der Waals surface area contributed by atoms with E-state index < -0.39 is 0 Å². The molecule has 0 fully saturated rings. The van der Waals surface area contributed by atoms with E-state index in [9.17, 15) is 5.11 Å². The number of hydrogen-bond donors (Lipinski definition) is 1. The first-order valence-electron chi connectivity index (χ1n) is 11.1. The summed E-state index contributed by atoms with van der Waals surface area (Å²) in [4.78, 5) is 0. The van der Waals surface area contributed by atoms with Crippen LogP contribution in [-0.4, -0.2) is 32.1 Å². The number of fused-ring (bicyclic) bond motifs is 1. The Morgan fingerprint density at radius 1 is 0.765 bits per heavy atom. The first-order valence-corrected chi connectivity index (χ1v) is 11.1. The van der Waals surface area contributed by atoms with Crippen LogP contribution in [0.5, 0.6) is 23.0 Å². The maximum absolute atomic E-state index is 10.8. The van der Waals surface area contributed by atoms with Crippen LogP contribution in [0.2, 0.25) is 0 Å². The molecule has 1 aliphatic rings. The van der Waals surface area contributed by atoms with Crippen molar-refractivity contribution in [2.24, 2.45) is 5.10 Å². The SMILES string of the molecule is COc1cc(O)c(C2=NN(c3ccccc3)C(c3ccc(OC)c4ccccc34)C2)cc1OC. The van der Waals surface area contributed by atoms with Gasteiger partial charge in [0, 0.05) is 23.4 Å². The Morgan fingerprint density at radius 2 is 1.41 bits per heavy atom. The highest BCUT2D eigenvalue weighted by Crippen LogP contribution is 2.43. The number of methoxy groups -OCH3 is 3. The Hall–Kier alpha value is -4.19. The van der Waals surface area contributed by atoms with E-state index in [4.69, 9.17) is 19.3 Å². The predicted octanol–water partition coefficient (Wildman–Crippen LogP) is 5.93. The molecule has 0 radical (unpaired) electrons. The molecule has 1 heterocycles. The lowest BCUT2D eigenvalue weighted by Gasteiger charge is -2.25. The van der Waals surface area contributed by atoms with E-state index in [1.807, 2.05) is 53.5 Å². The fraction of sp³-hybridized carbons (Fsp3) is 0.179. The quantitative estimate of drug-likeness (QED) is 0.391. The smallest absolute Gasteiger partial charge is 0.164 e. The Balaban J connectivity index is 1.65. The van der Waals surface area contributed by atoms with Gasteiger partial charge in [-0.3, -0.25) is 5.01 Å². The first-order chi connectivity index (χ1) is 16.6. The van der Waals surface area contributed by atoms with Gasteiger partial charge in [0.15, 0.2) is 11.5 Å². The number of phenols is 1. The number of phenolic OH excluding ortho intramolecular Hbond substituents is 1. The van der Waals surface area contributed by atoms with Gasteiger partial charge >= 0.3 is 0 Å². The number of rotatable bonds is 6. The summed E-state index contributed by atoms with van der Waals surface area (Å²) in [6, 6.07) is 25.7. The molecular formula is C28H26N2O4. The van der Waals surface area contributed by atoms with Crippen molar-refractivity contribution in [3.63, 3.8) is 0 Å². The lowest BCUT2D eigenvalue weighted by atomic mass is 9.93. The zero-order valence-corrected chi connectivity index (χ0v) is 19.4. The van der Waals surface area contributed by atoms with Crippen molar-refractivity contribution in [3.8, 4) is 23.0 Å². The summed E-state index contributed by atoms with van der Waals surface area (Å²) in [5, 5.41) is 20.0. The van der Waals surface area contributed by atoms with Gasteiger partial charge in [-0.15, -0.1) is 0 Å². The van der Waals surface area contributed by atoms with E-state index in [0.717, 1.165) is 33.5 Å². The molecule has 6 nitrogen and oxygen atoms in total. The van der Waals surface area contributed by atoms with E-state index >= 15 is 0 Å². The average molecular weight is 455 g/mol. The topological polar surface area (TPSA) is 63.5 Å². The van der Waals surface area contributed by atoms with E-state index in [2.05, 4.69) is 18.2 Å². The molecule has 6 heteroatoms. The van der Waals surface area contributed by atoms with Crippen molar-refractivity contribution < 1.29 is 19.3 Å². The highest BCUT2D eigenvalue weighted by molar-refractivity contribution is 6.06. The minimum Gasteiger partial charge on any atom is -0.507 e. The number of nitrogens with zero attached hydrogens (tertiary/aromatic N) is 2. The summed E-state index contributed by atoms with van der Waals surface area (Å²) in [7, 11) is 4.82. The van der Waals surface area contributed by atoms with Crippen LogP contribution < -0.4 is 19.2 Å². The molecule has 4 aromatic carbocycles. The number of para-hydroxylation sites is 1. The van der Waals surface area contributed by atoms with Crippen LogP contribution in [0.25, 0.3) is 10.8 Å². The van der Waals surface area contributed by atoms with E-state index in [1.54, 1.807) is 33.5 Å². The van der Waals surface area contributed by atoms with Gasteiger partial charge in [0.1, 0.15) is 11.5 Å². The molecule has 0 saturated heterocycles. The van der Waals surface area contributed by atoms with Crippen molar-refractivity contribution in [2.45, 2.75) is 12.5 Å². The maximum Gasteiger partial charge on any atom is 0.164 e. The number of hydrogen-bond acceptors (Lipinski definition) is 6. The molecule has 172 valence electrons. The van der Waals surface area contributed by atoms with Crippen LogP contribution in [0.15, 0.2) is 84.0 Å². The molecule has 1 atom stereocenters. The fourth-order valence-electron chi connectivity index (χ4n) is 4.60. The van der Waals surface area contributed by atoms with Crippen molar-refractivity contribution in [2.75, 3.05) is 26.3 Å². The van der Waals surface area contributed by atoms with Crippen LogP contribution in [0.1, 0.15) is 23.6 Å². The third-order valence-corrected chi connectivity index (χ3v) is 6.24. The van der Waals surface area contributed by atoms with Crippen LogP contribution in [0.4, 0.5) is 5.69 Å². The molecule has 1 aliphatic heterocycles. The second-order valence-corrected chi connectivity index (χ2v) is 8.07. The minimum atomic E-state index is -0.0688. The number of anilines is 1. The van der Waals surface area contributed by atoms with Gasteiger partial charge in [-0.1, -0.05) is 48.5 Å². The highest BCUT2D eigenvalue weighted by Gasteiger charge is 2.33. The summed E-state index contributed by atoms with van der Waals surface area (Å²) >= 11 is 0. The molecule has 0 aromatic heterocycles. The monoisotopic (exact) mass is 454 g/mol. The zero-order chi connectivity index (χ0) is 23.7. The third kappa shape index (κ3) is 3.67. The van der Waals surface area contributed by atoms with E-state index in [0.29, 0.717) is 23.5 Å². The normalized spacial score (nSPS) is 15.3. The van der Waals surface area contributed by atoms with Crippen molar-refractivity contribution in [1.82, 2.24) is 0 Å². The van der Waals surface area contributed by atoms with E-state index in [1.165, 1.54) is 0 Å². The van der Waals surface area contributed by atoms with Gasteiger partial charge in [-0.2, -0.15) is 5.10 Å². The summed E-state index contributed by atoms with van der Waals surface area (Å²) in [5.41, 5.74) is 3.51. The number of benzene rings is 4. The number of aromatic hydroxyl groups is 1. The van der Waals surface area contributed by atoms with Gasteiger partial charge in [0.2, 0.25) is 0 Å². The zero-order valence-electron chi connectivity index (χ0n) is 19.4. The maximum atomic E-state index is 10.8. The Labute approximate surface area is 198 Å². The highest BCUT2D eigenvalue weighted by atomic mass is 16.5. The van der Waals surface area contributed by atoms with Gasteiger partial charge in [-0.25, -0.2) is 0 Å². The van der Waals surface area contributed by atoms with Crippen LogP contribution >= 0.6 is 0 Å². The van der Waals surface area contributed by atoms with Gasteiger partial charge in [0.25, 0.3) is 0 Å². The van der Waals surface area contributed by atoms with E-state index in [-0.39, 0.29) is 11.8 Å². The molecule has 4 aromatic rings. The minimum absolute atomic E-state index is 0.0688. The largest absolute Gasteiger partial charge is 0.507 e. The number of hydrazone groups is 1. The lowest BCUT2D eigenvalue weighted by molar-refractivity contribution is 0.351. The van der Waals surface area contributed by atoms with Gasteiger partial charge in [-0.05, 0) is 35.2 Å². The molecule has 5 rings (SSSR count). The number of ether oxygens (including phenoxy) is 3. The van der Waals surface area contributed by atoms with Crippen LogP contribution in [0.3, 0.4) is 0 Å². The van der Waals surface area contributed by atoms with Gasteiger partial charge in [0.05, 0.1) is 38.8 Å². The third-order valence-electron chi connectivity index (χ3n) is 6.24. The van der Waals surface area contributed by atoms with Crippen molar-refractivity contribution >= 4 is 22.2 Å². The molecule has 0 aliphatic carbocycles. The second kappa shape index (κ2) is 8.98. The van der Waals surface area contributed by atoms with Crippen molar-refractivity contribution in [1.29, 1.82) is 0 Å². The average Bonchev–Trinajstić information content (AvgIpc) is 3.33. The Kier molecular flexibility index (Phi) is 5.72. The molecule has 0 bridgehead atoms. The van der Waals surface area contributed by atoms with Crippen molar-refractivity contribution in [3.05, 3.63) is 90.0 Å². The summed E-state index contributed by atoms with van der Waals surface area (Å²) in [6.45, 7) is 0. The molecule has 1 N–H and O–H groups in total. The Morgan fingerprint density at radius 3 is 2.12 bits per heavy atom. The molecule has 34 heavy (non-hydrogen) atoms. The summed E-state index contributed by atoms with van der Waals surface area (Å²) in [6.07, 6.45) is 0.605. The fourth-order valence-corrected chi connectivity index (χ4v) is 4.60. The van der Waals surface area contributed by atoms with Crippen LogP contribution in [0, 0.1) is 0 Å². The molecule has 0 amide bonds. The lowest BCUT2D eigenvalue weighted by Crippen LogP contribution is -2.18. The second-order valence-electron chi connectivity index (χ2n) is 8.07. The molecular weight excluding hydrogens is 428 g/mol. The Bertz CT molecular complexity index is 1370. The standard InChI is InChI=1S/C28H26N2O4/c1-32-26-14-13-20(19-11-7-8-12-21(19)26)24-16-23(29-30(24)18-9-5-4-6-10-18)22-15-27(33-2)28(34-3)17-25(22)31/h4-15,17,24,31H,16H2,1-3H3. The van der Waals surface area contributed by atoms with Crippen LogP contribution in [-0.2, 0) is 0 Å². The molecule has 0 spiro atoms. The first kappa shape index (κ1) is 21.6. The summed E-state index contributed by atoms with van der Waals surface area (Å²) in [5.74, 6) is 1.95.